The third-order valence-corrected chi connectivity index (χ3v) is 2.98. The van der Waals surface area contributed by atoms with Crippen LogP contribution >= 0.6 is 0 Å². The number of nitrogens with zero attached hydrogens (tertiary/aromatic N) is 2. The number of hydrogen-bond acceptors (Lipinski definition) is 3. The molecule has 4 nitrogen and oxygen atoms in total. The van der Waals surface area contributed by atoms with Gasteiger partial charge in [-0.2, -0.15) is 13.2 Å². The van der Waals surface area contributed by atoms with Crippen LogP contribution in [0.3, 0.4) is 0 Å². The second-order valence-corrected chi connectivity index (χ2v) is 4.77. The topological polar surface area (TPSA) is 69.9 Å². The van der Waals surface area contributed by atoms with E-state index in [1.165, 1.54) is 18.2 Å². The molecule has 0 radical (unpaired) electrons. The molecule has 1 heterocycles. The molecular weight excluding hydrogens is 269 g/mol. The first-order valence-corrected chi connectivity index (χ1v) is 6.03. The van der Waals surface area contributed by atoms with Crippen LogP contribution in [0.5, 0.6) is 0 Å². The maximum atomic E-state index is 13.0. The molecule has 2 rings (SSSR count). The molecule has 1 aromatic heterocycles. The second-order valence-electron chi connectivity index (χ2n) is 4.77. The van der Waals surface area contributed by atoms with Crippen LogP contribution in [0.4, 0.5) is 19.0 Å². The summed E-state index contributed by atoms with van der Waals surface area (Å²) in [4.78, 5) is 4.17. The minimum atomic E-state index is -4.47. The SMILES string of the molecule is CC(C)c1nc(-c2ccccc2C(F)(F)F)c(N)n1N. The molecule has 0 amide bonds. The molecule has 7 heteroatoms. The summed E-state index contributed by atoms with van der Waals surface area (Å²) in [5, 5.41) is 0. The Morgan fingerprint density at radius 2 is 1.80 bits per heavy atom. The molecule has 108 valence electrons. The van der Waals surface area contributed by atoms with Crippen LogP contribution in [0, 0.1) is 0 Å². The van der Waals surface area contributed by atoms with E-state index in [0.717, 1.165) is 10.7 Å². The molecule has 0 bridgehead atoms. The molecule has 1 aromatic carbocycles. The van der Waals surface area contributed by atoms with Crippen molar-refractivity contribution >= 4 is 5.82 Å². The lowest BCUT2D eigenvalue weighted by atomic mass is 10.0. The summed E-state index contributed by atoms with van der Waals surface area (Å²) in [6.07, 6.45) is -4.47. The van der Waals surface area contributed by atoms with E-state index in [9.17, 15) is 13.2 Å². The number of alkyl halides is 3. The summed E-state index contributed by atoms with van der Waals surface area (Å²) in [6, 6.07) is 5.17. The third kappa shape index (κ3) is 2.31. The maximum Gasteiger partial charge on any atom is 0.417 e. The summed E-state index contributed by atoms with van der Waals surface area (Å²) in [5.74, 6) is 6.16. The molecule has 0 atom stereocenters. The fourth-order valence-electron chi connectivity index (χ4n) is 2.01. The van der Waals surface area contributed by atoms with Gasteiger partial charge in [-0.1, -0.05) is 32.0 Å². The molecule has 20 heavy (non-hydrogen) atoms. The number of halogens is 3. The molecule has 2 aromatic rings. The van der Waals surface area contributed by atoms with Gasteiger partial charge in [0.05, 0.1) is 5.56 Å². The minimum absolute atomic E-state index is 0.0189. The average Bonchev–Trinajstić information content (AvgIpc) is 2.65. The lowest BCUT2D eigenvalue weighted by Crippen LogP contribution is -2.16. The molecule has 0 fully saturated rings. The van der Waals surface area contributed by atoms with Crippen LogP contribution in [-0.4, -0.2) is 9.66 Å². The van der Waals surface area contributed by atoms with Crippen molar-refractivity contribution in [1.29, 1.82) is 0 Å². The van der Waals surface area contributed by atoms with Crippen molar-refractivity contribution in [3.8, 4) is 11.3 Å². The van der Waals surface area contributed by atoms with Crippen molar-refractivity contribution in [1.82, 2.24) is 9.66 Å². The predicted molar refractivity (Wildman–Crippen MR) is 71.3 cm³/mol. The van der Waals surface area contributed by atoms with Crippen LogP contribution in [0.25, 0.3) is 11.3 Å². The normalized spacial score (nSPS) is 12.1. The highest BCUT2D eigenvalue weighted by molar-refractivity contribution is 5.74. The number of benzene rings is 1. The smallest absolute Gasteiger partial charge is 0.382 e. The van der Waals surface area contributed by atoms with E-state index in [-0.39, 0.29) is 23.0 Å². The van der Waals surface area contributed by atoms with Gasteiger partial charge in [-0.05, 0) is 6.07 Å². The number of aromatic nitrogens is 2. The molecule has 0 unspecified atom stereocenters. The quantitative estimate of drug-likeness (QED) is 0.833. The molecule has 0 aliphatic heterocycles. The Hall–Kier alpha value is -2.18. The van der Waals surface area contributed by atoms with E-state index in [2.05, 4.69) is 4.98 Å². The molecule has 0 spiro atoms. The Balaban J connectivity index is 2.67. The van der Waals surface area contributed by atoms with E-state index in [4.69, 9.17) is 11.6 Å². The maximum absolute atomic E-state index is 13.0. The van der Waals surface area contributed by atoms with Gasteiger partial charge in [-0.25, -0.2) is 9.66 Å². The van der Waals surface area contributed by atoms with E-state index in [1.807, 2.05) is 13.8 Å². The molecule has 0 aliphatic carbocycles. The Bertz CT molecular complexity index is 629. The highest BCUT2D eigenvalue weighted by Gasteiger charge is 2.34. The highest BCUT2D eigenvalue weighted by atomic mass is 19.4. The van der Waals surface area contributed by atoms with E-state index < -0.39 is 11.7 Å². The molecule has 4 N–H and O–H groups in total. The van der Waals surface area contributed by atoms with Crippen molar-refractivity contribution in [2.24, 2.45) is 0 Å². The minimum Gasteiger partial charge on any atom is -0.382 e. The zero-order valence-corrected chi connectivity index (χ0v) is 11.1. The van der Waals surface area contributed by atoms with Crippen LogP contribution < -0.4 is 11.6 Å². The first-order chi connectivity index (χ1) is 9.23. The summed E-state index contributed by atoms with van der Waals surface area (Å²) in [6.45, 7) is 3.68. The summed E-state index contributed by atoms with van der Waals surface area (Å²) in [5.41, 5.74) is 5.01. The zero-order chi connectivity index (χ0) is 15.1. The Labute approximate surface area is 114 Å². The molecule has 0 aliphatic rings. The number of anilines is 1. The summed E-state index contributed by atoms with van der Waals surface area (Å²) < 4.78 is 40.2. The molecular formula is C13H15F3N4. The fraction of sp³-hybridized carbons (Fsp3) is 0.308. The number of hydrogen-bond donors (Lipinski definition) is 2. The van der Waals surface area contributed by atoms with Gasteiger partial charge in [0.15, 0.2) is 5.82 Å². The van der Waals surface area contributed by atoms with Crippen molar-refractivity contribution < 1.29 is 13.2 Å². The van der Waals surface area contributed by atoms with E-state index in [0.29, 0.717) is 5.82 Å². The van der Waals surface area contributed by atoms with Gasteiger partial charge in [0.2, 0.25) is 0 Å². The largest absolute Gasteiger partial charge is 0.417 e. The lowest BCUT2D eigenvalue weighted by Gasteiger charge is -2.11. The van der Waals surface area contributed by atoms with Gasteiger partial charge in [-0.3, -0.25) is 0 Å². The second kappa shape index (κ2) is 4.73. The number of nitrogens with two attached hydrogens (primary N) is 2. The van der Waals surface area contributed by atoms with Crippen LogP contribution in [0.2, 0.25) is 0 Å². The van der Waals surface area contributed by atoms with Gasteiger partial charge < -0.3 is 11.6 Å². The van der Waals surface area contributed by atoms with Crippen molar-refractivity contribution in [2.45, 2.75) is 25.9 Å². The number of nitrogen functional groups attached to an aromatic ring is 2. The van der Waals surface area contributed by atoms with E-state index >= 15 is 0 Å². The van der Waals surface area contributed by atoms with Gasteiger partial charge in [-0.15, -0.1) is 0 Å². The van der Waals surface area contributed by atoms with Crippen molar-refractivity contribution in [3.05, 3.63) is 35.7 Å². The third-order valence-electron chi connectivity index (χ3n) is 2.98. The standard InChI is InChI=1S/C13H15F3N4/c1-7(2)12-19-10(11(17)20(12)18)8-5-3-4-6-9(8)13(14,15)16/h3-7H,17-18H2,1-2H3. The Morgan fingerprint density at radius 3 is 2.30 bits per heavy atom. The predicted octanol–water partition coefficient (Wildman–Crippen LogP) is 2.99. The fourth-order valence-corrected chi connectivity index (χ4v) is 2.01. The van der Waals surface area contributed by atoms with Gasteiger partial charge in [0.1, 0.15) is 11.5 Å². The van der Waals surface area contributed by atoms with Crippen LogP contribution in [-0.2, 0) is 6.18 Å². The zero-order valence-electron chi connectivity index (χ0n) is 11.1. The van der Waals surface area contributed by atoms with Crippen LogP contribution in [0.15, 0.2) is 24.3 Å². The van der Waals surface area contributed by atoms with E-state index in [1.54, 1.807) is 0 Å². The van der Waals surface area contributed by atoms with Crippen LogP contribution in [0.1, 0.15) is 31.2 Å². The average molecular weight is 284 g/mol. The van der Waals surface area contributed by atoms with Gasteiger partial charge >= 0.3 is 6.18 Å². The molecule has 0 saturated carbocycles. The first-order valence-electron chi connectivity index (χ1n) is 6.03. The summed E-state index contributed by atoms with van der Waals surface area (Å²) in [7, 11) is 0. The monoisotopic (exact) mass is 284 g/mol. The Kier molecular flexibility index (Phi) is 3.37. The highest BCUT2D eigenvalue weighted by Crippen LogP contribution is 2.38. The molecule has 0 saturated heterocycles. The van der Waals surface area contributed by atoms with Crippen molar-refractivity contribution in [2.75, 3.05) is 11.6 Å². The Morgan fingerprint density at radius 1 is 1.20 bits per heavy atom. The number of rotatable bonds is 2. The van der Waals surface area contributed by atoms with Crippen molar-refractivity contribution in [3.63, 3.8) is 0 Å². The first kappa shape index (κ1) is 14.2. The number of imidazole rings is 1. The van der Waals surface area contributed by atoms with Gasteiger partial charge in [0, 0.05) is 11.5 Å². The lowest BCUT2D eigenvalue weighted by molar-refractivity contribution is -0.137. The summed E-state index contributed by atoms with van der Waals surface area (Å²) >= 11 is 0. The van der Waals surface area contributed by atoms with Gasteiger partial charge in [0.25, 0.3) is 0 Å².